The van der Waals surface area contributed by atoms with E-state index in [-0.39, 0.29) is 0 Å². The predicted octanol–water partition coefficient (Wildman–Crippen LogP) is 11.5. The number of aromatic nitrogens is 1. The van der Waals surface area contributed by atoms with Gasteiger partial charge in [-0.3, -0.25) is 0 Å². The van der Waals surface area contributed by atoms with Gasteiger partial charge in [0.1, 0.15) is 0 Å². The maximum absolute atomic E-state index is 3.73. The van der Waals surface area contributed by atoms with Crippen LogP contribution in [0.5, 0.6) is 0 Å². The van der Waals surface area contributed by atoms with Gasteiger partial charge in [0.05, 0.1) is 11.0 Å². The summed E-state index contributed by atoms with van der Waals surface area (Å²) in [5.74, 6) is 0. The van der Waals surface area contributed by atoms with Gasteiger partial charge in [-0.25, -0.2) is 0 Å². The van der Waals surface area contributed by atoms with Crippen molar-refractivity contribution in [1.29, 1.82) is 0 Å². The van der Waals surface area contributed by atoms with Crippen LogP contribution in [0, 0.1) is 0 Å². The third-order valence-corrected chi connectivity index (χ3v) is 8.37. The number of anilines is 2. The van der Waals surface area contributed by atoms with E-state index in [9.17, 15) is 0 Å². The summed E-state index contributed by atoms with van der Waals surface area (Å²) in [7, 11) is 0. The van der Waals surface area contributed by atoms with E-state index >= 15 is 0 Å². The van der Waals surface area contributed by atoms with E-state index in [0.717, 1.165) is 11.4 Å². The van der Waals surface area contributed by atoms with Gasteiger partial charge in [-0.2, -0.15) is 0 Å². The molecule has 0 fully saturated rings. The van der Waals surface area contributed by atoms with Gasteiger partial charge in [0, 0.05) is 33.4 Å². The van der Waals surface area contributed by atoms with Gasteiger partial charge >= 0.3 is 0 Å². The van der Waals surface area contributed by atoms with Crippen LogP contribution in [0.3, 0.4) is 0 Å². The molecule has 0 saturated heterocycles. The van der Waals surface area contributed by atoms with Crippen LogP contribution in [-0.2, 0) is 0 Å². The van der Waals surface area contributed by atoms with Gasteiger partial charge in [0.2, 0.25) is 0 Å². The van der Waals surface area contributed by atoms with Crippen LogP contribution in [0.25, 0.3) is 60.9 Å². The Morgan fingerprint density at radius 1 is 0.364 bits per heavy atom. The SMILES string of the molecule is c1ccc(-c2cccc(Nc3ccc(-c4ccc5c(c4)c4ccccc4n5-c4ccccc4)cc3-c3ccccc3)c2)cc1. The van der Waals surface area contributed by atoms with Crippen molar-refractivity contribution in [2.24, 2.45) is 0 Å². The Kier molecular flexibility index (Phi) is 6.51. The Hall–Kier alpha value is -5.86. The molecule has 0 aliphatic rings. The Labute approximate surface area is 257 Å². The lowest BCUT2D eigenvalue weighted by molar-refractivity contribution is 1.18. The second-order valence-electron chi connectivity index (χ2n) is 11.1. The van der Waals surface area contributed by atoms with Crippen molar-refractivity contribution in [2.45, 2.75) is 0 Å². The number of nitrogens with zero attached hydrogens (tertiary/aromatic N) is 1. The van der Waals surface area contributed by atoms with Crippen molar-refractivity contribution in [3.63, 3.8) is 0 Å². The lowest BCUT2D eigenvalue weighted by Gasteiger charge is -2.16. The fourth-order valence-corrected chi connectivity index (χ4v) is 6.26. The average molecular weight is 563 g/mol. The fourth-order valence-electron chi connectivity index (χ4n) is 6.26. The zero-order valence-electron chi connectivity index (χ0n) is 24.2. The molecule has 0 amide bonds. The first-order valence-electron chi connectivity index (χ1n) is 15.0. The van der Waals surface area contributed by atoms with Crippen molar-refractivity contribution in [2.75, 3.05) is 5.32 Å². The molecule has 7 aromatic carbocycles. The van der Waals surface area contributed by atoms with Crippen LogP contribution in [-0.4, -0.2) is 4.57 Å². The number of nitrogens with one attached hydrogen (secondary N) is 1. The molecule has 0 saturated carbocycles. The Morgan fingerprint density at radius 2 is 0.955 bits per heavy atom. The molecule has 2 nitrogen and oxygen atoms in total. The molecule has 1 aromatic heterocycles. The molecule has 0 atom stereocenters. The zero-order chi connectivity index (χ0) is 29.3. The molecule has 1 heterocycles. The average Bonchev–Trinajstić information content (AvgIpc) is 3.43. The smallest absolute Gasteiger partial charge is 0.0541 e. The first kappa shape index (κ1) is 25.8. The first-order chi connectivity index (χ1) is 21.8. The van der Waals surface area contributed by atoms with E-state index in [1.165, 1.54) is 60.9 Å². The summed E-state index contributed by atoms with van der Waals surface area (Å²) in [6.07, 6.45) is 0. The number of benzene rings is 7. The van der Waals surface area contributed by atoms with E-state index in [0.29, 0.717) is 0 Å². The molecule has 0 aliphatic carbocycles. The summed E-state index contributed by atoms with van der Waals surface area (Å²) in [6, 6.07) is 62.7. The molecule has 0 spiro atoms. The molecule has 44 heavy (non-hydrogen) atoms. The van der Waals surface area contributed by atoms with Gasteiger partial charge in [-0.05, 0) is 82.4 Å². The van der Waals surface area contributed by atoms with E-state index in [4.69, 9.17) is 0 Å². The summed E-state index contributed by atoms with van der Waals surface area (Å²) >= 11 is 0. The third kappa shape index (κ3) is 4.73. The molecule has 0 unspecified atom stereocenters. The van der Waals surface area contributed by atoms with Crippen LogP contribution in [0.2, 0.25) is 0 Å². The minimum absolute atomic E-state index is 1.06. The maximum Gasteiger partial charge on any atom is 0.0541 e. The monoisotopic (exact) mass is 562 g/mol. The van der Waals surface area contributed by atoms with Gasteiger partial charge in [-0.15, -0.1) is 0 Å². The zero-order valence-corrected chi connectivity index (χ0v) is 24.2. The number of fused-ring (bicyclic) bond motifs is 3. The second-order valence-corrected chi connectivity index (χ2v) is 11.1. The van der Waals surface area contributed by atoms with E-state index in [2.05, 4.69) is 186 Å². The van der Waals surface area contributed by atoms with Crippen molar-refractivity contribution in [1.82, 2.24) is 4.57 Å². The molecule has 0 bridgehead atoms. The first-order valence-corrected chi connectivity index (χ1v) is 15.0. The minimum atomic E-state index is 1.06. The summed E-state index contributed by atoms with van der Waals surface area (Å²) in [4.78, 5) is 0. The number of para-hydroxylation sites is 2. The van der Waals surface area contributed by atoms with Crippen LogP contribution in [0.1, 0.15) is 0 Å². The molecule has 0 radical (unpaired) electrons. The van der Waals surface area contributed by atoms with Crippen LogP contribution in [0.4, 0.5) is 11.4 Å². The fraction of sp³-hybridized carbons (Fsp3) is 0. The third-order valence-electron chi connectivity index (χ3n) is 8.37. The molecule has 2 heteroatoms. The summed E-state index contributed by atoms with van der Waals surface area (Å²) in [5, 5.41) is 6.24. The number of hydrogen-bond donors (Lipinski definition) is 1. The highest BCUT2D eigenvalue weighted by Crippen LogP contribution is 2.38. The van der Waals surface area contributed by atoms with Gasteiger partial charge in [0.25, 0.3) is 0 Å². The lowest BCUT2D eigenvalue weighted by Crippen LogP contribution is -1.95. The standard InChI is InChI=1S/C42H30N2/c1-4-13-30(14-5-1)32-17-12-18-35(27-32)43-40-25-23-33(28-38(40)31-15-6-2-7-16-31)34-24-26-42-39(29-34)37-21-10-11-22-41(37)44(42)36-19-8-3-9-20-36/h1-29,43H. The number of rotatable bonds is 6. The molecule has 1 N–H and O–H groups in total. The van der Waals surface area contributed by atoms with E-state index < -0.39 is 0 Å². The van der Waals surface area contributed by atoms with Crippen LogP contribution in [0.15, 0.2) is 176 Å². The summed E-state index contributed by atoms with van der Waals surface area (Å²) in [6.45, 7) is 0. The van der Waals surface area contributed by atoms with E-state index in [1.807, 2.05) is 0 Å². The normalized spacial score (nSPS) is 11.2. The highest BCUT2D eigenvalue weighted by molar-refractivity contribution is 6.10. The molecule has 208 valence electrons. The lowest BCUT2D eigenvalue weighted by atomic mass is 9.96. The van der Waals surface area contributed by atoms with Crippen molar-refractivity contribution >= 4 is 33.2 Å². The summed E-state index contributed by atoms with van der Waals surface area (Å²) in [5.41, 5.74) is 12.9. The number of hydrogen-bond acceptors (Lipinski definition) is 1. The van der Waals surface area contributed by atoms with Crippen molar-refractivity contribution < 1.29 is 0 Å². The quantitative estimate of drug-likeness (QED) is 0.213. The van der Waals surface area contributed by atoms with Gasteiger partial charge in [-0.1, -0.05) is 121 Å². The van der Waals surface area contributed by atoms with Crippen LogP contribution < -0.4 is 5.32 Å². The second kappa shape index (κ2) is 11.1. The maximum atomic E-state index is 3.73. The molecular formula is C42H30N2. The molecule has 0 aliphatic heterocycles. The Morgan fingerprint density at radius 3 is 1.75 bits per heavy atom. The largest absolute Gasteiger partial charge is 0.355 e. The highest BCUT2D eigenvalue weighted by atomic mass is 15.0. The van der Waals surface area contributed by atoms with Crippen LogP contribution >= 0.6 is 0 Å². The Bertz CT molecular complexity index is 2230. The topological polar surface area (TPSA) is 17.0 Å². The van der Waals surface area contributed by atoms with Gasteiger partial charge in [0.15, 0.2) is 0 Å². The van der Waals surface area contributed by atoms with Crippen molar-refractivity contribution in [3.05, 3.63) is 176 Å². The molecule has 8 rings (SSSR count). The molecule has 8 aromatic rings. The summed E-state index contributed by atoms with van der Waals surface area (Å²) < 4.78 is 2.36. The Balaban J connectivity index is 1.23. The minimum Gasteiger partial charge on any atom is -0.355 e. The van der Waals surface area contributed by atoms with Gasteiger partial charge < -0.3 is 9.88 Å². The predicted molar refractivity (Wildman–Crippen MR) is 187 cm³/mol. The van der Waals surface area contributed by atoms with Crippen molar-refractivity contribution in [3.8, 4) is 39.1 Å². The molecular weight excluding hydrogens is 532 g/mol. The van der Waals surface area contributed by atoms with E-state index in [1.54, 1.807) is 0 Å². The highest BCUT2D eigenvalue weighted by Gasteiger charge is 2.14.